The fraction of sp³-hybridized carbons (Fsp3) is 0.400. The lowest BCUT2D eigenvalue weighted by molar-refractivity contribution is -0.189. The number of halogens is 3. The zero-order valence-electron chi connectivity index (χ0n) is 27.1. The molecule has 1 saturated heterocycles. The molecule has 1 aliphatic carbocycles. The topological polar surface area (TPSA) is 119 Å². The summed E-state index contributed by atoms with van der Waals surface area (Å²) < 4.78 is 52.8. The first kappa shape index (κ1) is 33.0. The lowest BCUT2D eigenvalue weighted by Gasteiger charge is -2.34. The number of benzene rings is 2. The summed E-state index contributed by atoms with van der Waals surface area (Å²) in [6.45, 7) is 8.42. The summed E-state index contributed by atoms with van der Waals surface area (Å²) in [6.07, 6.45) is -0.582. The van der Waals surface area contributed by atoms with E-state index < -0.39 is 23.1 Å². The van der Waals surface area contributed by atoms with E-state index in [1.165, 1.54) is 0 Å². The zero-order valence-corrected chi connectivity index (χ0v) is 27.1. The summed E-state index contributed by atoms with van der Waals surface area (Å²) in [7, 11) is 0. The molecule has 2 aromatic heterocycles. The van der Waals surface area contributed by atoms with Crippen LogP contribution in [0.15, 0.2) is 60.9 Å². The molecule has 48 heavy (non-hydrogen) atoms. The minimum absolute atomic E-state index is 0.0786. The van der Waals surface area contributed by atoms with Gasteiger partial charge in [-0.1, -0.05) is 24.3 Å². The molecule has 0 bridgehead atoms. The molecule has 10 nitrogen and oxygen atoms in total. The fourth-order valence-electron chi connectivity index (χ4n) is 5.80. The number of amides is 2. The summed E-state index contributed by atoms with van der Waals surface area (Å²) in [4.78, 5) is 40.7. The van der Waals surface area contributed by atoms with E-state index in [2.05, 4.69) is 20.6 Å². The molecule has 0 spiro atoms. The minimum atomic E-state index is -4.62. The first-order chi connectivity index (χ1) is 22.7. The highest BCUT2D eigenvalue weighted by atomic mass is 19.4. The molecule has 1 aliphatic heterocycles. The Morgan fingerprint density at radius 2 is 1.77 bits per heavy atom. The lowest BCUT2D eigenvalue weighted by atomic mass is 10.0. The maximum absolute atomic E-state index is 13.6. The molecule has 3 heterocycles. The van der Waals surface area contributed by atoms with E-state index in [1.807, 2.05) is 33.8 Å². The average Bonchev–Trinajstić information content (AvgIpc) is 3.85. The molecule has 4 aromatic rings. The first-order valence-electron chi connectivity index (χ1n) is 15.9. The van der Waals surface area contributed by atoms with Crippen LogP contribution in [-0.4, -0.2) is 62.8 Å². The van der Waals surface area contributed by atoms with Gasteiger partial charge in [-0.2, -0.15) is 13.2 Å². The Balaban J connectivity index is 1.24. The third-order valence-corrected chi connectivity index (χ3v) is 8.49. The SMILES string of the molecule is Cc1ccc2c(NC(=O)C3(C(F)(F)F)CC3)cccc2c1Oc1ncccc1-c1ccnc(N[C@H]2CCCN(C(=O)OC(C)(C)C)C2)n1. The number of rotatable bonds is 7. The van der Waals surface area contributed by atoms with E-state index in [0.717, 1.165) is 18.4 Å². The second-order valence-corrected chi connectivity index (χ2v) is 13.3. The lowest BCUT2D eigenvalue weighted by Crippen LogP contribution is -2.47. The Hall–Kier alpha value is -4.94. The monoisotopic (exact) mass is 662 g/mol. The van der Waals surface area contributed by atoms with Crippen molar-refractivity contribution in [3.05, 3.63) is 66.5 Å². The number of likely N-dealkylation sites (tertiary alicyclic amines) is 1. The van der Waals surface area contributed by atoms with Crippen LogP contribution in [0.2, 0.25) is 0 Å². The van der Waals surface area contributed by atoms with Gasteiger partial charge in [0.05, 0.1) is 11.3 Å². The molecule has 0 radical (unpaired) electrons. The number of aromatic nitrogens is 3. The summed E-state index contributed by atoms with van der Waals surface area (Å²) in [6, 6.07) is 13.8. The van der Waals surface area contributed by atoms with Gasteiger partial charge < -0.3 is 25.0 Å². The predicted molar refractivity (Wildman–Crippen MR) is 175 cm³/mol. The summed E-state index contributed by atoms with van der Waals surface area (Å²) >= 11 is 0. The molecule has 2 N–H and O–H groups in total. The summed E-state index contributed by atoms with van der Waals surface area (Å²) in [5.41, 5.74) is -0.780. The van der Waals surface area contributed by atoms with Crippen LogP contribution in [0.3, 0.4) is 0 Å². The third kappa shape index (κ3) is 6.85. The van der Waals surface area contributed by atoms with Crippen molar-refractivity contribution in [2.75, 3.05) is 23.7 Å². The van der Waals surface area contributed by atoms with Crippen LogP contribution in [0.4, 0.5) is 29.6 Å². The molecule has 13 heteroatoms. The normalized spacial score (nSPS) is 17.5. The number of alkyl halides is 3. The fourth-order valence-corrected chi connectivity index (χ4v) is 5.80. The van der Waals surface area contributed by atoms with Gasteiger partial charge in [0.25, 0.3) is 0 Å². The number of hydrogen-bond acceptors (Lipinski definition) is 8. The smallest absolute Gasteiger partial charge is 0.410 e. The number of ether oxygens (including phenoxy) is 2. The van der Waals surface area contributed by atoms with Crippen molar-refractivity contribution < 1.29 is 32.2 Å². The molecule has 2 fully saturated rings. The molecule has 2 aromatic carbocycles. The van der Waals surface area contributed by atoms with Crippen molar-refractivity contribution in [1.82, 2.24) is 19.9 Å². The Morgan fingerprint density at radius 1 is 0.979 bits per heavy atom. The Kier molecular flexibility index (Phi) is 8.65. The molecule has 2 aliphatic rings. The number of pyridine rings is 1. The standard InChI is InChI=1S/C35H37F3N6O4/c1-21-12-13-23-24(9-5-11-26(23)42-30(45)34(15-16-34)35(36,37)38)28(21)47-29-25(10-6-17-39-29)27-14-18-40-31(43-27)41-22-8-7-19-44(20-22)32(46)48-33(2,3)4/h5-6,9-14,17-18,22H,7-8,15-16,19-20H2,1-4H3,(H,42,45)(H,40,41,43)/t22-/m0/s1. The van der Waals surface area contributed by atoms with Crippen molar-refractivity contribution in [1.29, 1.82) is 0 Å². The van der Waals surface area contributed by atoms with Crippen LogP contribution in [0.5, 0.6) is 11.6 Å². The third-order valence-electron chi connectivity index (χ3n) is 8.49. The number of aryl methyl sites for hydroxylation is 1. The molecule has 1 saturated carbocycles. The van der Waals surface area contributed by atoms with Crippen molar-refractivity contribution in [3.63, 3.8) is 0 Å². The number of carbonyl (C=O) groups excluding carboxylic acids is 2. The van der Waals surface area contributed by atoms with Crippen LogP contribution in [0.25, 0.3) is 22.0 Å². The highest BCUT2D eigenvalue weighted by Gasteiger charge is 2.68. The molecule has 252 valence electrons. The van der Waals surface area contributed by atoms with E-state index in [9.17, 15) is 22.8 Å². The van der Waals surface area contributed by atoms with Gasteiger partial charge in [0.1, 0.15) is 16.8 Å². The molecular formula is C35H37F3N6O4. The van der Waals surface area contributed by atoms with E-state index >= 15 is 0 Å². The highest BCUT2D eigenvalue weighted by molar-refractivity contribution is 6.07. The van der Waals surface area contributed by atoms with Gasteiger partial charge in [-0.05, 0) is 83.2 Å². The molecule has 6 rings (SSSR count). The van der Waals surface area contributed by atoms with E-state index in [0.29, 0.717) is 46.8 Å². The second kappa shape index (κ2) is 12.6. The molecule has 1 atom stereocenters. The Morgan fingerprint density at radius 3 is 2.50 bits per heavy atom. The van der Waals surface area contributed by atoms with Gasteiger partial charge in [0.15, 0.2) is 0 Å². The van der Waals surface area contributed by atoms with Crippen LogP contribution in [0, 0.1) is 12.3 Å². The van der Waals surface area contributed by atoms with Crippen LogP contribution in [0.1, 0.15) is 52.0 Å². The van der Waals surface area contributed by atoms with Gasteiger partial charge >= 0.3 is 12.3 Å². The van der Waals surface area contributed by atoms with Crippen molar-refractivity contribution >= 4 is 34.4 Å². The van der Waals surface area contributed by atoms with Crippen molar-refractivity contribution in [2.45, 2.75) is 71.2 Å². The minimum Gasteiger partial charge on any atom is -0.444 e. The van der Waals surface area contributed by atoms with E-state index in [4.69, 9.17) is 14.5 Å². The Labute approximate surface area is 276 Å². The zero-order chi connectivity index (χ0) is 34.3. The number of anilines is 2. The maximum atomic E-state index is 13.6. The van der Waals surface area contributed by atoms with Gasteiger partial charge in [0, 0.05) is 48.0 Å². The number of piperidine rings is 1. The second-order valence-electron chi connectivity index (χ2n) is 13.3. The number of fused-ring (bicyclic) bond motifs is 1. The van der Waals surface area contributed by atoms with Gasteiger partial charge in [-0.3, -0.25) is 4.79 Å². The van der Waals surface area contributed by atoms with Crippen molar-refractivity contribution in [2.24, 2.45) is 5.41 Å². The van der Waals surface area contributed by atoms with Gasteiger partial charge in [0.2, 0.25) is 17.7 Å². The molecule has 0 unspecified atom stereocenters. The number of nitrogens with zero attached hydrogens (tertiary/aromatic N) is 4. The largest absolute Gasteiger partial charge is 0.444 e. The maximum Gasteiger partial charge on any atom is 0.410 e. The van der Waals surface area contributed by atoms with Gasteiger partial charge in [-0.15, -0.1) is 0 Å². The van der Waals surface area contributed by atoms with Crippen LogP contribution in [-0.2, 0) is 9.53 Å². The number of hydrogen-bond donors (Lipinski definition) is 2. The van der Waals surface area contributed by atoms with Crippen LogP contribution < -0.4 is 15.4 Å². The Bertz CT molecular complexity index is 1850. The van der Waals surface area contributed by atoms with Crippen molar-refractivity contribution in [3.8, 4) is 22.9 Å². The highest BCUT2D eigenvalue weighted by Crippen LogP contribution is 2.58. The van der Waals surface area contributed by atoms with Gasteiger partial charge in [-0.25, -0.2) is 19.7 Å². The number of nitrogens with one attached hydrogen (secondary N) is 2. The van der Waals surface area contributed by atoms with Crippen LogP contribution >= 0.6 is 0 Å². The molecular weight excluding hydrogens is 625 g/mol. The summed E-state index contributed by atoms with van der Waals surface area (Å²) in [5, 5.41) is 6.99. The van der Waals surface area contributed by atoms with E-state index in [1.54, 1.807) is 59.8 Å². The average molecular weight is 663 g/mol. The molecule has 2 amide bonds. The van der Waals surface area contributed by atoms with E-state index in [-0.39, 0.29) is 36.5 Å². The predicted octanol–water partition coefficient (Wildman–Crippen LogP) is 7.88. The first-order valence-corrected chi connectivity index (χ1v) is 15.9. The quantitative estimate of drug-likeness (QED) is 0.205. The number of carbonyl (C=O) groups is 2. The summed E-state index contributed by atoms with van der Waals surface area (Å²) in [5.74, 6) is 0.0242.